The molecule has 0 aromatic heterocycles. The van der Waals surface area contributed by atoms with Gasteiger partial charge in [-0.15, -0.1) is 0 Å². The molecule has 1 rings (SSSR count). The summed E-state index contributed by atoms with van der Waals surface area (Å²) in [7, 11) is 0. The van der Waals surface area contributed by atoms with Gasteiger partial charge in [0.1, 0.15) is 0 Å². The van der Waals surface area contributed by atoms with E-state index in [1.165, 1.54) is 6.07 Å². The number of aliphatic imine (C=N–C) groups is 1. The summed E-state index contributed by atoms with van der Waals surface area (Å²) in [5.41, 5.74) is 0.402. The number of halogens is 2. The predicted octanol–water partition coefficient (Wildman–Crippen LogP) is 4.55. The number of rotatable bonds is 5. The Kier molecular flexibility index (Phi) is 7.69. The Labute approximate surface area is 141 Å². The van der Waals surface area contributed by atoms with Gasteiger partial charge in [-0.05, 0) is 37.5 Å². The molecule has 0 aliphatic carbocycles. The summed E-state index contributed by atoms with van der Waals surface area (Å²) >= 11 is 11.8. The molecule has 1 aromatic carbocycles. The Morgan fingerprint density at radius 2 is 1.95 bits per heavy atom. The van der Waals surface area contributed by atoms with Crippen LogP contribution < -0.4 is 5.32 Å². The van der Waals surface area contributed by atoms with Gasteiger partial charge < -0.3 is 4.74 Å². The third-order valence-electron chi connectivity index (χ3n) is 3.13. The quantitative estimate of drug-likeness (QED) is 0.629. The lowest BCUT2D eigenvalue weighted by molar-refractivity contribution is 0.0965. The van der Waals surface area contributed by atoms with E-state index in [2.05, 4.69) is 24.2 Å². The summed E-state index contributed by atoms with van der Waals surface area (Å²) in [6.45, 7) is 8.58. The van der Waals surface area contributed by atoms with Crippen LogP contribution in [0.5, 0.6) is 0 Å². The molecular formula is C16H22Cl2N2O2. The van der Waals surface area contributed by atoms with Crippen molar-refractivity contribution in [1.29, 1.82) is 0 Å². The highest BCUT2D eigenvalue weighted by Crippen LogP contribution is 2.22. The van der Waals surface area contributed by atoms with E-state index in [0.29, 0.717) is 28.1 Å². The molecule has 22 heavy (non-hydrogen) atoms. The minimum absolute atomic E-state index is 0.0426. The van der Waals surface area contributed by atoms with Crippen LogP contribution in [0.1, 0.15) is 44.5 Å². The van der Waals surface area contributed by atoms with Crippen molar-refractivity contribution in [2.75, 3.05) is 6.61 Å². The van der Waals surface area contributed by atoms with Crippen molar-refractivity contribution in [3.8, 4) is 0 Å². The fourth-order valence-corrected chi connectivity index (χ4v) is 1.74. The van der Waals surface area contributed by atoms with Crippen LogP contribution in [-0.4, -0.2) is 24.6 Å². The van der Waals surface area contributed by atoms with E-state index in [0.717, 1.165) is 6.42 Å². The van der Waals surface area contributed by atoms with Gasteiger partial charge in [0, 0.05) is 5.56 Å². The van der Waals surface area contributed by atoms with Crippen LogP contribution in [-0.2, 0) is 4.74 Å². The van der Waals surface area contributed by atoms with E-state index in [4.69, 9.17) is 27.9 Å². The Balaban J connectivity index is 2.87. The maximum Gasteiger partial charge on any atom is 0.291 e. The Morgan fingerprint density at radius 3 is 2.50 bits per heavy atom. The van der Waals surface area contributed by atoms with Crippen LogP contribution in [0.3, 0.4) is 0 Å². The van der Waals surface area contributed by atoms with Crippen molar-refractivity contribution < 1.29 is 9.53 Å². The zero-order valence-corrected chi connectivity index (χ0v) is 14.8. The molecule has 0 bridgehead atoms. The Bertz CT molecular complexity index is 545. The molecule has 4 nitrogen and oxygen atoms in total. The number of benzene rings is 1. The van der Waals surface area contributed by atoms with Gasteiger partial charge in [0.15, 0.2) is 0 Å². The van der Waals surface area contributed by atoms with Crippen LogP contribution in [0.15, 0.2) is 23.2 Å². The van der Waals surface area contributed by atoms with Gasteiger partial charge in [-0.1, -0.05) is 44.0 Å². The number of hydrogen-bond donors (Lipinski definition) is 1. The van der Waals surface area contributed by atoms with Crippen molar-refractivity contribution in [3.05, 3.63) is 33.8 Å². The lowest BCUT2D eigenvalue weighted by Gasteiger charge is -2.15. The van der Waals surface area contributed by atoms with Gasteiger partial charge in [-0.2, -0.15) is 0 Å². The lowest BCUT2D eigenvalue weighted by Crippen LogP contribution is -2.34. The number of nitrogens with one attached hydrogen (secondary N) is 1. The van der Waals surface area contributed by atoms with Crippen molar-refractivity contribution >= 4 is 35.1 Å². The smallest absolute Gasteiger partial charge is 0.291 e. The van der Waals surface area contributed by atoms with Crippen LogP contribution in [0.4, 0.5) is 0 Å². The molecule has 0 fully saturated rings. The molecule has 0 unspecified atom stereocenters. The summed E-state index contributed by atoms with van der Waals surface area (Å²) in [6.07, 6.45) is 0.831. The van der Waals surface area contributed by atoms with Gasteiger partial charge in [-0.3, -0.25) is 10.1 Å². The molecule has 122 valence electrons. The zero-order chi connectivity index (χ0) is 16.7. The topological polar surface area (TPSA) is 50.7 Å². The average molecular weight is 345 g/mol. The molecular weight excluding hydrogens is 323 g/mol. The zero-order valence-electron chi connectivity index (χ0n) is 13.3. The van der Waals surface area contributed by atoms with Crippen molar-refractivity contribution in [1.82, 2.24) is 5.32 Å². The van der Waals surface area contributed by atoms with Gasteiger partial charge in [0.05, 0.1) is 22.7 Å². The number of carbonyl (C=O) groups excluding carboxylic acids is 1. The molecule has 0 aliphatic rings. The van der Waals surface area contributed by atoms with E-state index in [-0.39, 0.29) is 18.0 Å². The Morgan fingerprint density at radius 1 is 1.27 bits per heavy atom. The first kappa shape index (κ1) is 18.8. The molecule has 0 aliphatic heterocycles. The van der Waals surface area contributed by atoms with Crippen molar-refractivity contribution in [2.45, 2.75) is 40.2 Å². The average Bonchev–Trinajstić information content (AvgIpc) is 2.47. The predicted molar refractivity (Wildman–Crippen MR) is 91.9 cm³/mol. The molecule has 0 radical (unpaired) electrons. The van der Waals surface area contributed by atoms with Crippen LogP contribution in [0.25, 0.3) is 0 Å². The van der Waals surface area contributed by atoms with Crippen molar-refractivity contribution in [3.63, 3.8) is 0 Å². The van der Waals surface area contributed by atoms with Crippen LogP contribution in [0, 0.1) is 5.92 Å². The normalized spacial score (nSPS) is 13.1. The molecule has 0 saturated heterocycles. The number of carbonyl (C=O) groups is 1. The molecule has 1 N–H and O–H groups in total. The highest BCUT2D eigenvalue weighted by Gasteiger charge is 2.14. The molecule has 0 spiro atoms. The van der Waals surface area contributed by atoms with Gasteiger partial charge in [0.25, 0.3) is 11.9 Å². The van der Waals surface area contributed by atoms with E-state index >= 15 is 0 Å². The van der Waals surface area contributed by atoms with E-state index in [1.54, 1.807) is 12.1 Å². The summed E-state index contributed by atoms with van der Waals surface area (Å²) < 4.78 is 5.52. The summed E-state index contributed by atoms with van der Waals surface area (Å²) in [4.78, 5) is 16.7. The van der Waals surface area contributed by atoms with E-state index in [1.807, 2.05) is 13.8 Å². The molecule has 0 saturated carbocycles. The Hall–Kier alpha value is -1.26. The number of hydrogen-bond acceptors (Lipinski definition) is 3. The minimum Gasteiger partial charge on any atom is -0.465 e. The molecule has 1 amide bonds. The second-order valence-electron chi connectivity index (χ2n) is 5.35. The van der Waals surface area contributed by atoms with E-state index in [9.17, 15) is 4.79 Å². The summed E-state index contributed by atoms with van der Waals surface area (Å²) in [5.74, 6) is 0.0199. The molecule has 1 aromatic rings. The fourth-order valence-electron chi connectivity index (χ4n) is 1.45. The summed E-state index contributed by atoms with van der Waals surface area (Å²) in [6, 6.07) is 4.98. The number of amidine groups is 1. The highest BCUT2D eigenvalue weighted by atomic mass is 35.5. The largest absolute Gasteiger partial charge is 0.465 e. The minimum atomic E-state index is -0.329. The van der Waals surface area contributed by atoms with Gasteiger partial charge in [0.2, 0.25) is 0 Å². The SMILES string of the molecule is CCCOC(=N[C@H](C)C(C)C)NC(=O)c1ccc(Cl)c(Cl)c1. The summed E-state index contributed by atoms with van der Waals surface area (Å²) in [5, 5.41) is 3.42. The van der Waals surface area contributed by atoms with Crippen LogP contribution >= 0.6 is 23.2 Å². The monoisotopic (exact) mass is 344 g/mol. The van der Waals surface area contributed by atoms with E-state index < -0.39 is 0 Å². The number of nitrogens with zero attached hydrogens (tertiary/aromatic N) is 1. The molecule has 0 heterocycles. The standard InChI is InChI=1S/C16H22Cl2N2O2/c1-5-8-22-16(19-11(4)10(2)3)20-15(21)12-6-7-13(17)14(18)9-12/h6-7,9-11H,5,8H2,1-4H3,(H,19,20,21)/t11-/m1/s1. The fraction of sp³-hybridized carbons (Fsp3) is 0.500. The highest BCUT2D eigenvalue weighted by molar-refractivity contribution is 6.42. The van der Waals surface area contributed by atoms with Gasteiger partial charge in [-0.25, -0.2) is 4.99 Å². The molecule has 1 atom stereocenters. The second-order valence-corrected chi connectivity index (χ2v) is 6.16. The third-order valence-corrected chi connectivity index (χ3v) is 3.87. The lowest BCUT2D eigenvalue weighted by atomic mass is 10.1. The first-order chi connectivity index (χ1) is 10.3. The number of ether oxygens (including phenoxy) is 1. The second kappa shape index (κ2) is 9.01. The molecule has 6 heteroatoms. The first-order valence-corrected chi connectivity index (χ1v) is 8.07. The van der Waals surface area contributed by atoms with Crippen molar-refractivity contribution in [2.24, 2.45) is 10.9 Å². The maximum atomic E-state index is 12.3. The number of amides is 1. The van der Waals surface area contributed by atoms with Gasteiger partial charge >= 0.3 is 0 Å². The first-order valence-electron chi connectivity index (χ1n) is 7.32. The maximum absolute atomic E-state index is 12.3. The van der Waals surface area contributed by atoms with Crippen LogP contribution in [0.2, 0.25) is 10.0 Å². The third kappa shape index (κ3) is 5.85.